The van der Waals surface area contributed by atoms with E-state index in [2.05, 4.69) is 29.4 Å². The quantitative estimate of drug-likeness (QED) is 0.873. The van der Waals surface area contributed by atoms with Crippen molar-refractivity contribution in [1.82, 2.24) is 10.2 Å². The Morgan fingerprint density at radius 2 is 2.33 bits per heavy atom. The number of nitrogens with zero attached hydrogens (tertiary/aromatic N) is 1. The molecule has 0 aliphatic carbocycles. The van der Waals surface area contributed by atoms with Gasteiger partial charge in [0.1, 0.15) is 5.75 Å². The molecule has 2 rings (SSSR count). The zero-order valence-corrected chi connectivity index (χ0v) is 11.3. The summed E-state index contributed by atoms with van der Waals surface area (Å²) in [5.41, 5.74) is 1.25. The molecule has 4 nitrogen and oxygen atoms in total. The molecule has 1 aromatic rings. The highest BCUT2D eigenvalue weighted by Gasteiger charge is 2.31. The summed E-state index contributed by atoms with van der Waals surface area (Å²) in [5, 5.41) is 3.20. The van der Waals surface area contributed by atoms with Crippen LogP contribution in [0.4, 0.5) is 0 Å². The topological polar surface area (TPSA) is 33.7 Å². The van der Waals surface area contributed by atoms with Crippen molar-refractivity contribution >= 4 is 0 Å². The number of rotatable bonds is 4. The van der Waals surface area contributed by atoms with E-state index in [1.165, 1.54) is 5.56 Å². The number of hydrogen-bond acceptors (Lipinski definition) is 4. The van der Waals surface area contributed by atoms with Crippen LogP contribution in [0.15, 0.2) is 24.3 Å². The molecule has 1 heterocycles. The first-order valence-corrected chi connectivity index (χ1v) is 6.36. The van der Waals surface area contributed by atoms with E-state index in [1.54, 1.807) is 7.11 Å². The third-order valence-electron chi connectivity index (χ3n) is 3.44. The van der Waals surface area contributed by atoms with Crippen LogP contribution < -0.4 is 10.1 Å². The average molecular weight is 250 g/mol. The molecule has 2 unspecified atom stereocenters. The highest BCUT2D eigenvalue weighted by atomic mass is 16.5. The van der Waals surface area contributed by atoms with Crippen molar-refractivity contribution in [3.05, 3.63) is 29.8 Å². The summed E-state index contributed by atoms with van der Waals surface area (Å²) in [6, 6.07) is 8.52. The lowest BCUT2D eigenvalue weighted by atomic mass is 9.98. The van der Waals surface area contributed by atoms with Crippen LogP contribution in [-0.4, -0.2) is 51.9 Å². The average Bonchev–Trinajstić information content (AvgIpc) is 2.39. The molecule has 18 heavy (non-hydrogen) atoms. The van der Waals surface area contributed by atoms with Gasteiger partial charge in [0.2, 0.25) is 0 Å². The number of morpholine rings is 1. The second-order valence-corrected chi connectivity index (χ2v) is 4.67. The molecule has 1 fully saturated rings. The van der Waals surface area contributed by atoms with Crippen molar-refractivity contribution in [2.24, 2.45) is 0 Å². The molecular formula is C14H22N2O2. The number of ether oxygens (including phenoxy) is 2. The van der Waals surface area contributed by atoms with Crippen molar-refractivity contribution in [3.63, 3.8) is 0 Å². The lowest BCUT2D eigenvalue weighted by molar-refractivity contribution is -0.0606. The van der Waals surface area contributed by atoms with E-state index in [1.807, 2.05) is 19.2 Å². The minimum absolute atomic E-state index is 0.181. The van der Waals surface area contributed by atoms with Crippen molar-refractivity contribution in [2.45, 2.75) is 12.1 Å². The SMILES string of the molecule is CNCC1OCCN(C)C1c1cccc(OC)c1. The molecule has 1 aliphatic heterocycles. The summed E-state index contributed by atoms with van der Waals surface area (Å²) in [6.45, 7) is 2.61. The van der Waals surface area contributed by atoms with E-state index in [0.717, 1.165) is 25.4 Å². The second-order valence-electron chi connectivity index (χ2n) is 4.67. The molecule has 2 atom stereocenters. The Morgan fingerprint density at radius 3 is 3.06 bits per heavy atom. The Hall–Kier alpha value is -1.10. The number of methoxy groups -OCH3 is 1. The lowest BCUT2D eigenvalue weighted by Gasteiger charge is -2.39. The molecule has 1 saturated heterocycles. The van der Waals surface area contributed by atoms with Crippen LogP contribution in [-0.2, 0) is 4.74 Å². The van der Waals surface area contributed by atoms with E-state index < -0.39 is 0 Å². The van der Waals surface area contributed by atoms with E-state index in [0.29, 0.717) is 0 Å². The molecule has 100 valence electrons. The molecular weight excluding hydrogens is 228 g/mol. The first kappa shape index (κ1) is 13.3. The summed E-state index contributed by atoms with van der Waals surface area (Å²) >= 11 is 0. The van der Waals surface area contributed by atoms with Crippen LogP contribution in [0, 0.1) is 0 Å². The van der Waals surface area contributed by atoms with Gasteiger partial charge in [-0.25, -0.2) is 0 Å². The molecule has 4 heteroatoms. The van der Waals surface area contributed by atoms with Gasteiger partial charge in [0, 0.05) is 13.1 Å². The van der Waals surface area contributed by atoms with Gasteiger partial charge in [0.05, 0.1) is 25.9 Å². The Labute approximate surface area is 109 Å². The second kappa shape index (κ2) is 6.18. The fraction of sp³-hybridized carbons (Fsp3) is 0.571. The first-order valence-electron chi connectivity index (χ1n) is 6.36. The molecule has 0 radical (unpaired) electrons. The van der Waals surface area contributed by atoms with Gasteiger partial charge in [-0.15, -0.1) is 0 Å². The van der Waals surface area contributed by atoms with Gasteiger partial charge in [-0.2, -0.15) is 0 Å². The number of hydrogen-bond donors (Lipinski definition) is 1. The zero-order valence-electron chi connectivity index (χ0n) is 11.3. The van der Waals surface area contributed by atoms with E-state index in [-0.39, 0.29) is 12.1 Å². The van der Waals surface area contributed by atoms with Gasteiger partial charge in [0.15, 0.2) is 0 Å². The van der Waals surface area contributed by atoms with Crippen LogP contribution in [0.5, 0.6) is 5.75 Å². The highest BCUT2D eigenvalue weighted by Crippen LogP contribution is 2.30. The van der Waals surface area contributed by atoms with Crippen LogP contribution in [0.2, 0.25) is 0 Å². The molecule has 0 saturated carbocycles. The Morgan fingerprint density at radius 1 is 1.50 bits per heavy atom. The minimum Gasteiger partial charge on any atom is -0.497 e. The van der Waals surface area contributed by atoms with Crippen molar-refractivity contribution in [2.75, 3.05) is 40.9 Å². The Bertz CT molecular complexity index is 382. The number of benzene rings is 1. The van der Waals surface area contributed by atoms with Gasteiger partial charge in [-0.3, -0.25) is 4.90 Å². The van der Waals surface area contributed by atoms with Gasteiger partial charge in [-0.05, 0) is 31.8 Å². The fourth-order valence-electron chi connectivity index (χ4n) is 2.53. The smallest absolute Gasteiger partial charge is 0.119 e. The summed E-state index contributed by atoms with van der Waals surface area (Å²) in [5.74, 6) is 0.898. The van der Waals surface area contributed by atoms with Crippen molar-refractivity contribution in [1.29, 1.82) is 0 Å². The molecule has 1 aliphatic rings. The van der Waals surface area contributed by atoms with Crippen LogP contribution in [0.25, 0.3) is 0 Å². The molecule has 1 N–H and O–H groups in total. The third kappa shape index (κ3) is 2.83. The van der Waals surface area contributed by atoms with Crippen LogP contribution in [0.3, 0.4) is 0 Å². The standard InChI is InChI=1S/C14H22N2O2/c1-15-10-13-14(16(2)7-8-18-13)11-5-4-6-12(9-11)17-3/h4-6,9,13-15H,7-8,10H2,1-3H3. The van der Waals surface area contributed by atoms with E-state index in [9.17, 15) is 0 Å². The fourth-order valence-corrected chi connectivity index (χ4v) is 2.53. The molecule has 1 aromatic carbocycles. The van der Waals surface area contributed by atoms with Crippen molar-refractivity contribution < 1.29 is 9.47 Å². The molecule has 0 spiro atoms. The van der Waals surface area contributed by atoms with Gasteiger partial charge < -0.3 is 14.8 Å². The maximum atomic E-state index is 5.88. The lowest BCUT2D eigenvalue weighted by Crippen LogP contribution is -2.46. The van der Waals surface area contributed by atoms with Gasteiger partial charge in [-0.1, -0.05) is 12.1 Å². The summed E-state index contributed by atoms with van der Waals surface area (Å²) in [7, 11) is 5.81. The predicted octanol–water partition coefficient (Wildman–Crippen LogP) is 1.29. The van der Waals surface area contributed by atoms with Crippen molar-refractivity contribution in [3.8, 4) is 5.75 Å². The molecule has 0 amide bonds. The number of likely N-dealkylation sites (N-methyl/N-ethyl adjacent to an activating group) is 2. The summed E-state index contributed by atoms with van der Waals surface area (Å²) in [6.07, 6.45) is 0.181. The summed E-state index contributed by atoms with van der Waals surface area (Å²) < 4.78 is 11.2. The van der Waals surface area contributed by atoms with Crippen LogP contribution >= 0.6 is 0 Å². The molecule has 0 bridgehead atoms. The highest BCUT2D eigenvalue weighted by molar-refractivity contribution is 5.31. The normalized spacial score (nSPS) is 25.1. The van der Waals surface area contributed by atoms with Crippen LogP contribution in [0.1, 0.15) is 11.6 Å². The largest absolute Gasteiger partial charge is 0.497 e. The third-order valence-corrected chi connectivity index (χ3v) is 3.44. The van der Waals surface area contributed by atoms with Gasteiger partial charge >= 0.3 is 0 Å². The minimum atomic E-state index is 0.181. The summed E-state index contributed by atoms with van der Waals surface area (Å²) in [4.78, 5) is 2.35. The monoisotopic (exact) mass is 250 g/mol. The Kier molecular flexibility index (Phi) is 4.58. The van der Waals surface area contributed by atoms with E-state index >= 15 is 0 Å². The van der Waals surface area contributed by atoms with Gasteiger partial charge in [0.25, 0.3) is 0 Å². The molecule has 0 aromatic heterocycles. The maximum Gasteiger partial charge on any atom is 0.119 e. The maximum absolute atomic E-state index is 5.88. The Balaban J connectivity index is 2.24. The zero-order chi connectivity index (χ0) is 13.0. The number of nitrogens with one attached hydrogen (secondary N) is 1. The van der Waals surface area contributed by atoms with E-state index in [4.69, 9.17) is 9.47 Å². The predicted molar refractivity (Wildman–Crippen MR) is 72.0 cm³/mol. The first-order chi connectivity index (χ1) is 8.76.